The number of rotatable bonds is 6. The summed E-state index contributed by atoms with van der Waals surface area (Å²) in [5.74, 6) is -1.97. The van der Waals surface area contributed by atoms with Crippen molar-refractivity contribution < 1.29 is 38.1 Å². The highest BCUT2D eigenvalue weighted by molar-refractivity contribution is 5.79. The van der Waals surface area contributed by atoms with Crippen LogP contribution in [0.2, 0.25) is 0 Å². The fourth-order valence-corrected chi connectivity index (χ4v) is 4.65. The van der Waals surface area contributed by atoms with Crippen LogP contribution in [0.1, 0.15) is 37.8 Å². The minimum Gasteiger partial charge on any atom is -0.464 e. The highest BCUT2D eigenvalue weighted by Crippen LogP contribution is 2.44. The van der Waals surface area contributed by atoms with Gasteiger partial charge in [-0.25, -0.2) is 4.79 Å². The van der Waals surface area contributed by atoms with E-state index in [1.807, 2.05) is 48.5 Å². The second-order valence-corrected chi connectivity index (χ2v) is 8.57. The molecule has 0 bridgehead atoms. The number of hydrogen-bond donors (Lipinski definition) is 0. The summed E-state index contributed by atoms with van der Waals surface area (Å²) < 4.78 is 21.5. The molecular weight excluding hydrogens is 466 g/mol. The molecule has 188 valence electrons. The normalized spacial score (nSPS) is 20.2. The fourth-order valence-electron chi connectivity index (χ4n) is 4.65. The van der Waals surface area contributed by atoms with Crippen molar-refractivity contribution in [2.45, 2.75) is 44.9 Å². The minimum atomic E-state index is -1.10. The largest absolute Gasteiger partial charge is 0.464 e. The SMILES string of the molecule is CC(=O)OC[C@@H]1[C@@H](OC(C)=O)[C@H](OC(C)=O)C=CN1C(=O)OCC1c2ccccc2-c2ccccc21. The number of hydrogen-bond acceptors (Lipinski definition) is 8. The third kappa shape index (κ3) is 5.25. The van der Waals surface area contributed by atoms with E-state index in [0.717, 1.165) is 22.3 Å². The molecule has 0 saturated heterocycles. The molecule has 0 radical (unpaired) electrons. The summed E-state index contributed by atoms with van der Waals surface area (Å²) in [4.78, 5) is 49.4. The van der Waals surface area contributed by atoms with E-state index in [1.165, 1.54) is 37.9 Å². The molecule has 2 aromatic carbocycles. The van der Waals surface area contributed by atoms with Crippen molar-refractivity contribution in [3.05, 3.63) is 71.9 Å². The summed E-state index contributed by atoms with van der Waals surface area (Å²) in [5, 5.41) is 0. The van der Waals surface area contributed by atoms with E-state index >= 15 is 0 Å². The first kappa shape index (κ1) is 25.0. The van der Waals surface area contributed by atoms with Gasteiger partial charge in [0, 0.05) is 32.9 Å². The van der Waals surface area contributed by atoms with Crippen LogP contribution in [0.4, 0.5) is 4.79 Å². The molecule has 0 unspecified atom stereocenters. The third-order valence-corrected chi connectivity index (χ3v) is 6.11. The van der Waals surface area contributed by atoms with Crippen LogP contribution in [0.3, 0.4) is 0 Å². The molecule has 0 N–H and O–H groups in total. The number of amides is 1. The molecule has 36 heavy (non-hydrogen) atoms. The minimum absolute atomic E-state index is 0.0725. The molecule has 1 aliphatic heterocycles. The van der Waals surface area contributed by atoms with Crippen LogP contribution in [-0.4, -0.2) is 60.4 Å². The fraction of sp³-hybridized carbons (Fsp3) is 0.333. The predicted octanol–water partition coefficient (Wildman–Crippen LogP) is 3.56. The van der Waals surface area contributed by atoms with Crippen LogP contribution in [0.25, 0.3) is 11.1 Å². The van der Waals surface area contributed by atoms with E-state index in [4.69, 9.17) is 18.9 Å². The zero-order valence-corrected chi connectivity index (χ0v) is 20.2. The van der Waals surface area contributed by atoms with Gasteiger partial charge in [0.15, 0.2) is 12.2 Å². The van der Waals surface area contributed by atoms with Crippen LogP contribution in [0, 0.1) is 0 Å². The van der Waals surface area contributed by atoms with Gasteiger partial charge < -0.3 is 18.9 Å². The number of carbonyl (C=O) groups excluding carboxylic acids is 4. The molecule has 0 fully saturated rings. The summed E-state index contributed by atoms with van der Waals surface area (Å²) in [6, 6.07) is 15.0. The van der Waals surface area contributed by atoms with Gasteiger partial charge in [0.25, 0.3) is 0 Å². The Morgan fingerprint density at radius 3 is 1.89 bits per heavy atom. The Hall–Kier alpha value is -4.14. The maximum atomic E-state index is 13.3. The van der Waals surface area contributed by atoms with Crippen molar-refractivity contribution in [3.8, 4) is 11.1 Å². The first-order valence-electron chi connectivity index (χ1n) is 11.6. The highest BCUT2D eigenvalue weighted by atomic mass is 16.6. The van der Waals surface area contributed by atoms with E-state index in [-0.39, 0.29) is 19.1 Å². The van der Waals surface area contributed by atoms with Gasteiger partial charge in [-0.2, -0.15) is 0 Å². The Morgan fingerprint density at radius 1 is 0.750 bits per heavy atom. The maximum absolute atomic E-state index is 13.3. The summed E-state index contributed by atoms with van der Waals surface area (Å²) in [6.07, 6.45) is 0.0333. The zero-order valence-electron chi connectivity index (χ0n) is 20.2. The zero-order chi connectivity index (χ0) is 25.8. The lowest BCUT2D eigenvalue weighted by Gasteiger charge is -2.39. The third-order valence-electron chi connectivity index (χ3n) is 6.11. The summed E-state index contributed by atoms with van der Waals surface area (Å²) in [6.45, 7) is 3.42. The smallest absolute Gasteiger partial charge is 0.414 e. The predicted molar refractivity (Wildman–Crippen MR) is 128 cm³/mol. The second kappa shape index (κ2) is 10.6. The number of carbonyl (C=O) groups is 4. The molecule has 3 atom stereocenters. The van der Waals surface area contributed by atoms with Gasteiger partial charge in [0.05, 0.1) is 0 Å². The number of esters is 3. The van der Waals surface area contributed by atoms with Crippen LogP contribution >= 0.6 is 0 Å². The summed E-state index contributed by atoms with van der Waals surface area (Å²) >= 11 is 0. The number of ether oxygens (including phenoxy) is 4. The quantitative estimate of drug-likeness (QED) is 0.444. The Morgan fingerprint density at radius 2 is 1.33 bits per heavy atom. The van der Waals surface area contributed by atoms with Crippen molar-refractivity contribution >= 4 is 24.0 Å². The Bertz CT molecular complexity index is 1160. The van der Waals surface area contributed by atoms with Gasteiger partial charge in [0.1, 0.15) is 19.3 Å². The van der Waals surface area contributed by atoms with Crippen LogP contribution in [-0.2, 0) is 33.3 Å². The van der Waals surface area contributed by atoms with Gasteiger partial charge in [-0.1, -0.05) is 48.5 Å². The molecule has 9 heteroatoms. The van der Waals surface area contributed by atoms with Gasteiger partial charge in [-0.3, -0.25) is 19.3 Å². The molecule has 0 saturated carbocycles. The topological polar surface area (TPSA) is 108 Å². The standard InChI is InChI=1S/C27H27NO8/c1-16(29)33-15-24-26(36-18(3)31)25(35-17(2)30)12-13-28(24)27(32)34-14-23-21-10-6-4-8-19(21)20-9-5-7-11-22(20)23/h4-13,23-26H,14-15H2,1-3H3/t24-,25-,26-/m1/s1. The van der Waals surface area contributed by atoms with Crippen molar-refractivity contribution in [2.24, 2.45) is 0 Å². The van der Waals surface area contributed by atoms with Crippen molar-refractivity contribution in [2.75, 3.05) is 13.2 Å². The highest BCUT2D eigenvalue weighted by Gasteiger charge is 2.43. The molecular formula is C27H27NO8. The van der Waals surface area contributed by atoms with E-state index < -0.39 is 42.3 Å². The van der Waals surface area contributed by atoms with Gasteiger partial charge >= 0.3 is 24.0 Å². The van der Waals surface area contributed by atoms with Gasteiger partial charge in [-0.15, -0.1) is 0 Å². The van der Waals surface area contributed by atoms with E-state index in [0.29, 0.717) is 0 Å². The Kier molecular flexibility index (Phi) is 7.38. The molecule has 0 aromatic heterocycles. The monoisotopic (exact) mass is 493 g/mol. The maximum Gasteiger partial charge on any atom is 0.414 e. The van der Waals surface area contributed by atoms with Crippen molar-refractivity contribution in [1.29, 1.82) is 0 Å². The first-order chi connectivity index (χ1) is 17.3. The number of fused-ring (bicyclic) bond motifs is 3. The molecule has 1 heterocycles. The van der Waals surface area contributed by atoms with E-state index in [1.54, 1.807) is 0 Å². The Balaban J connectivity index is 1.57. The summed E-state index contributed by atoms with van der Waals surface area (Å²) in [7, 11) is 0. The van der Waals surface area contributed by atoms with E-state index in [2.05, 4.69) is 0 Å². The first-order valence-corrected chi connectivity index (χ1v) is 11.6. The van der Waals surface area contributed by atoms with Crippen molar-refractivity contribution in [1.82, 2.24) is 4.90 Å². The molecule has 4 rings (SSSR count). The van der Waals surface area contributed by atoms with Gasteiger partial charge in [-0.05, 0) is 28.3 Å². The lowest BCUT2D eigenvalue weighted by molar-refractivity contribution is -0.170. The summed E-state index contributed by atoms with van der Waals surface area (Å²) in [5.41, 5.74) is 4.31. The van der Waals surface area contributed by atoms with E-state index in [9.17, 15) is 19.2 Å². The molecule has 1 aliphatic carbocycles. The average Bonchev–Trinajstić information content (AvgIpc) is 3.15. The van der Waals surface area contributed by atoms with Gasteiger partial charge in [0.2, 0.25) is 0 Å². The molecule has 2 aromatic rings. The molecule has 9 nitrogen and oxygen atoms in total. The second-order valence-electron chi connectivity index (χ2n) is 8.57. The molecule has 0 spiro atoms. The van der Waals surface area contributed by atoms with Crippen LogP contribution < -0.4 is 0 Å². The lowest BCUT2D eigenvalue weighted by Crippen LogP contribution is -2.56. The number of benzene rings is 2. The Labute approximate surface area is 208 Å². The number of nitrogens with zero attached hydrogens (tertiary/aromatic N) is 1. The lowest BCUT2D eigenvalue weighted by atomic mass is 9.98. The van der Waals surface area contributed by atoms with Crippen molar-refractivity contribution in [3.63, 3.8) is 0 Å². The van der Waals surface area contributed by atoms with Crippen LogP contribution in [0.15, 0.2) is 60.8 Å². The van der Waals surface area contributed by atoms with Crippen LogP contribution in [0.5, 0.6) is 0 Å². The molecule has 1 amide bonds. The molecule has 2 aliphatic rings. The average molecular weight is 494 g/mol.